The molecule has 0 bridgehead atoms. The molecule has 0 atom stereocenters. The van der Waals surface area contributed by atoms with E-state index in [1.165, 1.54) is 0 Å². The molecule has 0 aromatic heterocycles. The molecule has 1 saturated carbocycles. The summed E-state index contributed by atoms with van der Waals surface area (Å²) in [6, 6.07) is 5.32. The van der Waals surface area contributed by atoms with E-state index in [1.54, 1.807) is 12.1 Å². The zero-order valence-corrected chi connectivity index (χ0v) is 12.4. The maximum absolute atomic E-state index is 11.6. The Balaban J connectivity index is 1.76. The molecule has 2 fully saturated rings. The molecule has 1 aliphatic carbocycles. The van der Waals surface area contributed by atoms with Crippen LogP contribution < -0.4 is 10.1 Å². The summed E-state index contributed by atoms with van der Waals surface area (Å²) in [6.45, 7) is 0.881. The Morgan fingerprint density at radius 3 is 2.67 bits per heavy atom. The smallest absolute Gasteiger partial charge is 0.329 e. The summed E-state index contributed by atoms with van der Waals surface area (Å²) in [7, 11) is 0. The molecule has 1 saturated heterocycles. The summed E-state index contributed by atoms with van der Waals surface area (Å²) in [4.78, 5) is 11.6. The van der Waals surface area contributed by atoms with Crippen molar-refractivity contribution in [2.24, 2.45) is 0 Å². The van der Waals surface area contributed by atoms with Crippen LogP contribution in [-0.2, 0) is 9.53 Å². The Labute approximate surface area is 128 Å². The van der Waals surface area contributed by atoms with E-state index in [0.717, 1.165) is 12.8 Å². The van der Waals surface area contributed by atoms with Crippen molar-refractivity contribution in [3.8, 4) is 5.75 Å². The Morgan fingerprint density at radius 2 is 2.10 bits per heavy atom. The molecule has 0 amide bonds. The van der Waals surface area contributed by atoms with E-state index in [2.05, 4.69) is 5.32 Å². The van der Waals surface area contributed by atoms with Gasteiger partial charge in [0.15, 0.2) is 0 Å². The first-order valence-electron chi connectivity index (χ1n) is 7.15. The number of rotatable bonds is 5. The van der Waals surface area contributed by atoms with Gasteiger partial charge in [-0.2, -0.15) is 0 Å². The van der Waals surface area contributed by atoms with Gasteiger partial charge in [0.2, 0.25) is 0 Å². The first-order valence-corrected chi connectivity index (χ1v) is 7.52. The number of hydrogen-bond donors (Lipinski definition) is 2. The van der Waals surface area contributed by atoms with E-state index >= 15 is 0 Å². The third-order valence-corrected chi connectivity index (χ3v) is 4.18. The SMILES string of the molecule is O=C(O)C1(Nc2ccc(OC3CC3)c(Cl)c2)CCOCC1. The lowest BCUT2D eigenvalue weighted by atomic mass is 9.90. The van der Waals surface area contributed by atoms with E-state index in [9.17, 15) is 9.90 Å². The normalized spacial score (nSPS) is 20.8. The quantitative estimate of drug-likeness (QED) is 0.875. The van der Waals surface area contributed by atoms with E-state index in [0.29, 0.717) is 42.5 Å². The number of carbonyl (C=O) groups is 1. The van der Waals surface area contributed by atoms with Gasteiger partial charge in [-0.1, -0.05) is 11.6 Å². The Bertz CT molecular complexity index is 538. The summed E-state index contributed by atoms with van der Waals surface area (Å²) in [6.07, 6.45) is 3.28. The van der Waals surface area contributed by atoms with Gasteiger partial charge < -0.3 is 19.9 Å². The summed E-state index contributed by atoms with van der Waals surface area (Å²) >= 11 is 6.21. The van der Waals surface area contributed by atoms with Crippen LogP contribution in [-0.4, -0.2) is 35.9 Å². The summed E-state index contributed by atoms with van der Waals surface area (Å²) in [5, 5.41) is 13.1. The number of benzene rings is 1. The van der Waals surface area contributed by atoms with Gasteiger partial charge in [-0.15, -0.1) is 0 Å². The Hall–Kier alpha value is -1.46. The van der Waals surface area contributed by atoms with Crippen molar-refractivity contribution < 1.29 is 19.4 Å². The molecular formula is C15H18ClNO4. The number of ether oxygens (including phenoxy) is 2. The average molecular weight is 312 g/mol. The fourth-order valence-corrected chi connectivity index (χ4v) is 2.65. The standard InChI is InChI=1S/C15H18ClNO4/c16-12-9-10(1-4-13(12)21-11-2-3-11)17-15(14(18)19)5-7-20-8-6-15/h1,4,9,11,17H,2-3,5-8H2,(H,18,19). The third kappa shape index (κ3) is 3.24. The van der Waals surface area contributed by atoms with Gasteiger partial charge in [0.25, 0.3) is 0 Å². The predicted molar refractivity (Wildman–Crippen MR) is 79.1 cm³/mol. The van der Waals surface area contributed by atoms with Crippen molar-refractivity contribution in [1.82, 2.24) is 0 Å². The van der Waals surface area contributed by atoms with Crippen molar-refractivity contribution in [3.63, 3.8) is 0 Å². The first kappa shape index (κ1) is 14.5. The maximum Gasteiger partial charge on any atom is 0.329 e. The Morgan fingerprint density at radius 1 is 1.38 bits per heavy atom. The van der Waals surface area contributed by atoms with Crippen LogP contribution >= 0.6 is 11.6 Å². The number of anilines is 1. The lowest BCUT2D eigenvalue weighted by Crippen LogP contribution is -2.50. The molecule has 1 aromatic carbocycles. The molecule has 3 rings (SSSR count). The molecule has 1 heterocycles. The highest BCUT2D eigenvalue weighted by Gasteiger charge is 2.40. The van der Waals surface area contributed by atoms with Crippen LogP contribution in [0.2, 0.25) is 5.02 Å². The largest absolute Gasteiger partial charge is 0.489 e. The molecule has 2 aliphatic rings. The van der Waals surface area contributed by atoms with Crippen LogP contribution in [0, 0.1) is 0 Å². The number of carboxylic acids is 1. The minimum atomic E-state index is -0.986. The highest BCUT2D eigenvalue weighted by atomic mass is 35.5. The van der Waals surface area contributed by atoms with Crippen LogP contribution in [0.25, 0.3) is 0 Å². The van der Waals surface area contributed by atoms with Crippen molar-refractivity contribution in [1.29, 1.82) is 0 Å². The van der Waals surface area contributed by atoms with Gasteiger partial charge in [-0.05, 0) is 31.0 Å². The molecule has 21 heavy (non-hydrogen) atoms. The van der Waals surface area contributed by atoms with E-state index in [4.69, 9.17) is 21.1 Å². The maximum atomic E-state index is 11.6. The second kappa shape index (κ2) is 5.73. The Kier molecular flexibility index (Phi) is 3.95. The zero-order chi connectivity index (χ0) is 14.9. The van der Waals surface area contributed by atoms with Crippen LogP contribution in [0.5, 0.6) is 5.75 Å². The lowest BCUT2D eigenvalue weighted by Gasteiger charge is -2.34. The fourth-order valence-electron chi connectivity index (χ4n) is 2.43. The molecular weight excluding hydrogens is 294 g/mol. The summed E-state index contributed by atoms with van der Waals surface area (Å²) in [5.74, 6) is -0.207. The molecule has 0 spiro atoms. The van der Waals surface area contributed by atoms with Crippen molar-refractivity contribution in [3.05, 3.63) is 23.2 Å². The molecule has 1 aliphatic heterocycles. The number of hydrogen-bond acceptors (Lipinski definition) is 4. The fraction of sp³-hybridized carbons (Fsp3) is 0.533. The van der Waals surface area contributed by atoms with Gasteiger partial charge >= 0.3 is 5.97 Å². The topological polar surface area (TPSA) is 67.8 Å². The van der Waals surface area contributed by atoms with E-state index in [-0.39, 0.29) is 6.10 Å². The molecule has 2 N–H and O–H groups in total. The molecule has 0 unspecified atom stereocenters. The van der Waals surface area contributed by atoms with Crippen molar-refractivity contribution >= 4 is 23.3 Å². The molecule has 5 nitrogen and oxygen atoms in total. The van der Waals surface area contributed by atoms with Crippen LogP contribution in [0.1, 0.15) is 25.7 Å². The number of aliphatic carboxylic acids is 1. The summed E-state index contributed by atoms with van der Waals surface area (Å²) in [5.41, 5.74) is -0.298. The van der Waals surface area contributed by atoms with Gasteiger partial charge in [0.1, 0.15) is 11.3 Å². The third-order valence-electron chi connectivity index (χ3n) is 3.89. The predicted octanol–water partition coefficient (Wildman–Crippen LogP) is 2.93. The molecule has 1 aromatic rings. The van der Waals surface area contributed by atoms with Crippen LogP contribution in [0.15, 0.2) is 18.2 Å². The van der Waals surface area contributed by atoms with Crippen molar-refractivity contribution in [2.75, 3.05) is 18.5 Å². The molecule has 0 radical (unpaired) electrons. The van der Waals surface area contributed by atoms with Crippen LogP contribution in [0.3, 0.4) is 0 Å². The summed E-state index contributed by atoms with van der Waals surface area (Å²) < 4.78 is 10.9. The van der Waals surface area contributed by atoms with Crippen LogP contribution in [0.4, 0.5) is 5.69 Å². The zero-order valence-electron chi connectivity index (χ0n) is 11.6. The molecule has 6 heteroatoms. The number of carboxylic acid groups (broad SMARTS) is 1. The highest BCUT2D eigenvalue weighted by Crippen LogP contribution is 2.35. The monoisotopic (exact) mass is 311 g/mol. The van der Waals surface area contributed by atoms with E-state index < -0.39 is 11.5 Å². The highest BCUT2D eigenvalue weighted by molar-refractivity contribution is 6.32. The lowest BCUT2D eigenvalue weighted by molar-refractivity contribution is -0.145. The average Bonchev–Trinajstić information content (AvgIpc) is 3.27. The number of halogens is 1. The minimum Gasteiger partial charge on any atom is -0.489 e. The van der Waals surface area contributed by atoms with Gasteiger partial charge in [-0.25, -0.2) is 4.79 Å². The molecule has 114 valence electrons. The second-order valence-corrected chi connectivity index (χ2v) is 5.99. The van der Waals surface area contributed by atoms with Gasteiger partial charge in [0.05, 0.1) is 11.1 Å². The van der Waals surface area contributed by atoms with Crippen molar-refractivity contribution in [2.45, 2.75) is 37.3 Å². The van der Waals surface area contributed by atoms with E-state index in [1.807, 2.05) is 6.07 Å². The first-order chi connectivity index (χ1) is 10.1. The van der Waals surface area contributed by atoms with Gasteiger partial charge in [0, 0.05) is 31.7 Å². The number of nitrogens with one attached hydrogen (secondary N) is 1. The second-order valence-electron chi connectivity index (χ2n) is 5.59. The minimum absolute atomic E-state index is 0.280. The van der Waals surface area contributed by atoms with Gasteiger partial charge in [-0.3, -0.25) is 0 Å².